The van der Waals surface area contributed by atoms with Gasteiger partial charge in [0.05, 0.1) is 18.3 Å². The smallest absolute Gasteiger partial charge is 0.257 e. The predicted molar refractivity (Wildman–Crippen MR) is 139 cm³/mol. The average molecular weight is 500 g/mol. The standard InChI is InChI=1S/C30H30FN3O3/c31-25-9-6-23(7-10-25)26-18-27(24-8-11-28-29(17-24)37-20-36-28)34(32-26)30(35)19-33-14-12-22(13-15-33)16-21-4-2-1-3-5-21/h1-11,17,22,27H,12-16,18-20H2/t27-/m1/s1. The van der Waals surface area contributed by atoms with Crippen LogP contribution in [0, 0.1) is 11.7 Å². The molecule has 3 aromatic rings. The molecule has 3 aliphatic rings. The van der Waals surface area contributed by atoms with Gasteiger partial charge in [-0.05, 0) is 79.2 Å². The highest BCUT2D eigenvalue weighted by molar-refractivity contribution is 6.03. The Morgan fingerprint density at radius 2 is 1.70 bits per heavy atom. The van der Waals surface area contributed by atoms with Crippen molar-refractivity contribution in [1.82, 2.24) is 9.91 Å². The highest BCUT2D eigenvalue weighted by Gasteiger charge is 2.35. The molecule has 0 saturated carbocycles. The van der Waals surface area contributed by atoms with E-state index < -0.39 is 0 Å². The zero-order valence-electron chi connectivity index (χ0n) is 20.7. The summed E-state index contributed by atoms with van der Waals surface area (Å²) in [4.78, 5) is 15.8. The molecule has 6 nitrogen and oxygen atoms in total. The molecule has 1 saturated heterocycles. The number of carbonyl (C=O) groups is 1. The van der Waals surface area contributed by atoms with Crippen LogP contribution in [0.3, 0.4) is 0 Å². The molecule has 6 rings (SSSR count). The molecule has 0 bridgehead atoms. The second-order valence-corrected chi connectivity index (χ2v) is 10.0. The van der Waals surface area contributed by atoms with Crippen molar-refractivity contribution in [3.05, 3.63) is 95.3 Å². The summed E-state index contributed by atoms with van der Waals surface area (Å²) < 4.78 is 24.6. The van der Waals surface area contributed by atoms with Crippen molar-refractivity contribution >= 4 is 11.6 Å². The summed E-state index contributed by atoms with van der Waals surface area (Å²) in [5.74, 6) is 1.71. The van der Waals surface area contributed by atoms with Crippen molar-refractivity contribution < 1.29 is 18.7 Å². The maximum Gasteiger partial charge on any atom is 0.257 e. The van der Waals surface area contributed by atoms with Gasteiger partial charge >= 0.3 is 0 Å². The molecule has 1 fully saturated rings. The number of hydrogen-bond acceptors (Lipinski definition) is 5. The van der Waals surface area contributed by atoms with E-state index in [0.29, 0.717) is 30.4 Å². The van der Waals surface area contributed by atoms with Gasteiger partial charge in [-0.1, -0.05) is 48.5 Å². The molecule has 0 aliphatic carbocycles. The Morgan fingerprint density at radius 3 is 2.49 bits per heavy atom. The first-order valence-electron chi connectivity index (χ1n) is 12.9. The first kappa shape index (κ1) is 23.7. The summed E-state index contributed by atoms with van der Waals surface area (Å²) in [6.45, 7) is 2.34. The largest absolute Gasteiger partial charge is 0.454 e. The van der Waals surface area contributed by atoms with Gasteiger partial charge in [0.25, 0.3) is 5.91 Å². The molecular weight excluding hydrogens is 469 g/mol. The molecule has 3 aliphatic heterocycles. The van der Waals surface area contributed by atoms with Crippen LogP contribution in [0.2, 0.25) is 0 Å². The lowest BCUT2D eigenvalue weighted by molar-refractivity contribution is -0.134. The Balaban J connectivity index is 1.16. The van der Waals surface area contributed by atoms with Crippen LogP contribution in [0.5, 0.6) is 11.5 Å². The van der Waals surface area contributed by atoms with E-state index in [4.69, 9.17) is 14.6 Å². The topological polar surface area (TPSA) is 54.4 Å². The van der Waals surface area contributed by atoms with Crippen LogP contribution < -0.4 is 9.47 Å². The third kappa shape index (κ3) is 5.23. The van der Waals surface area contributed by atoms with Crippen LogP contribution in [0.1, 0.15) is 42.0 Å². The van der Waals surface area contributed by atoms with E-state index in [1.165, 1.54) is 17.7 Å². The van der Waals surface area contributed by atoms with Gasteiger partial charge in [0.1, 0.15) is 5.82 Å². The Morgan fingerprint density at radius 1 is 0.946 bits per heavy atom. The van der Waals surface area contributed by atoms with Gasteiger partial charge in [0, 0.05) is 6.42 Å². The summed E-state index contributed by atoms with van der Waals surface area (Å²) in [6, 6.07) is 22.5. The molecule has 37 heavy (non-hydrogen) atoms. The Hall–Kier alpha value is -3.71. The lowest BCUT2D eigenvalue weighted by Gasteiger charge is -2.33. The second-order valence-electron chi connectivity index (χ2n) is 10.0. The maximum atomic E-state index is 13.6. The molecule has 3 heterocycles. The number of hydrogen-bond donors (Lipinski definition) is 0. The van der Waals surface area contributed by atoms with Crippen LogP contribution in [0.4, 0.5) is 4.39 Å². The number of carbonyl (C=O) groups excluding carboxylic acids is 1. The third-order valence-electron chi connectivity index (χ3n) is 7.56. The predicted octanol–water partition coefficient (Wildman–Crippen LogP) is 5.19. The van der Waals surface area contributed by atoms with E-state index >= 15 is 0 Å². The van der Waals surface area contributed by atoms with Gasteiger partial charge in [0.15, 0.2) is 11.5 Å². The number of amides is 1. The van der Waals surface area contributed by atoms with Crippen molar-refractivity contribution in [2.24, 2.45) is 11.0 Å². The van der Waals surface area contributed by atoms with Crippen LogP contribution in [0.25, 0.3) is 0 Å². The number of nitrogens with zero attached hydrogens (tertiary/aromatic N) is 3. The van der Waals surface area contributed by atoms with Crippen LogP contribution in [-0.2, 0) is 11.2 Å². The quantitative estimate of drug-likeness (QED) is 0.469. The Kier molecular flexibility index (Phi) is 6.62. The number of hydrazone groups is 1. The normalized spacial score (nSPS) is 19.8. The molecule has 1 atom stereocenters. The Bertz CT molecular complexity index is 1290. The summed E-state index contributed by atoms with van der Waals surface area (Å²) in [7, 11) is 0. The fourth-order valence-electron chi connectivity index (χ4n) is 5.50. The van der Waals surface area contributed by atoms with Crippen molar-refractivity contribution in [3.63, 3.8) is 0 Å². The molecular formula is C30H30FN3O3. The zero-order chi connectivity index (χ0) is 25.2. The van der Waals surface area contributed by atoms with Gasteiger partial charge < -0.3 is 9.47 Å². The molecule has 190 valence electrons. The fourth-order valence-corrected chi connectivity index (χ4v) is 5.50. The summed E-state index contributed by atoms with van der Waals surface area (Å²) in [6.07, 6.45) is 3.80. The van der Waals surface area contributed by atoms with E-state index in [2.05, 4.69) is 35.2 Å². The molecule has 0 spiro atoms. The second kappa shape index (κ2) is 10.3. The summed E-state index contributed by atoms with van der Waals surface area (Å²) in [5, 5.41) is 6.37. The fraction of sp³-hybridized carbons (Fsp3) is 0.333. The van der Waals surface area contributed by atoms with E-state index in [1.54, 1.807) is 17.1 Å². The lowest BCUT2D eigenvalue weighted by Crippen LogP contribution is -2.42. The highest BCUT2D eigenvalue weighted by Crippen LogP contribution is 2.39. The van der Waals surface area contributed by atoms with Crippen LogP contribution in [-0.4, -0.2) is 48.0 Å². The summed E-state index contributed by atoms with van der Waals surface area (Å²) >= 11 is 0. The highest BCUT2D eigenvalue weighted by atomic mass is 19.1. The van der Waals surface area contributed by atoms with Gasteiger partial charge in [-0.25, -0.2) is 9.40 Å². The van der Waals surface area contributed by atoms with E-state index in [0.717, 1.165) is 49.2 Å². The molecule has 1 amide bonds. The summed E-state index contributed by atoms with van der Waals surface area (Å²) in [5.41, 5.74) is 3.92. The van der Waals surface area contributed by atoms with E-state index in [-0.39, 0.29) is 24.6 Å². The number of fused-ring (bicyclic) bond motifs is 1. The number of benzene rings is 3. The number of rotatable bonds is 6. The number of halogens is 1. The first-order valence-corrected chi connectivity index (χ1v) is 12.9. The average Bonchev–Trinajstić information content (AvgIpc) is 3.58. The number of ether oxygens (including phenoxy) is 2. The van der Waals surface area contributed by atoms with Crippen molar-refractivity contribution in [2.75, 3.05) is 26.4 Å². The van der Waals surface area contributed by atoms with Gasteiger partial charge in [0.2, 0.25) is 6.79 Å². The molecule has 0 radical (unpaired) electrons. The van der Waals surface area contributed by atoms with Crippen LogP contribution in [0.15, 0.2) is 77.9 Å². The van der Waals surface area contributed by atoms with Gasteiger partial charge in [-0.2, -0.15) is 5.10 Å². The molecule has 0 N–H and O–H groups in total. The Labute approximate surface area is 216 Å². The van der Waals surface area contributed by atoms with Crippen molar-refractivity contribution in [3.8, 4) is 11.5 Å². The van der Waals surface area contributed by atoms with Gasteiger partial charge in [-0.3, -0.25) is 9.69 Å². The minimum Gasteiger partial charge on any atom is -0.454 e. The van der Waals surface area contributed by atoms with E-state index in [9.17, 15) is 9.18 Å². The monoisotopic (exact) mass is 499 g/mol. The lowest BCUT2D eigenvalue weighted by atomic mass is 9.90. The van der Waals surface area contributed by atoms with Crippen LogP contribution >= 0.6 is 0 Å². The molecule has 7 heteroatoms. The molecule has 0 aromatic heterocycles. The minimum atomic E-state index is -0.293. The van der Waals surface area contributed by atoms with Crippen molar-refractivity contribution in [2.45, 2.75) is 31.7 Å². The first-order chi connectivity index (χ1) is 18.1. The van der Waals surface area contributed by atoms with Crippen molar-refractivity contribution in [1.29, 1.82) is 0 Å². The SMILES string of the molecule is O=C(CN1CCC(Cc2ccccc2)CC1)N1N=C(c2ccc(F)cc2)C[C@@H]1c1ccc2c(c1)OCO2. The number of piperidine rings is 1. The zero-order valence-corrected chi connectivity index (χ0v) is 20.7. The van der Waals surface area contributed by atoms with Gasteiger partial charge in [-0.15, -0.1) is 0 Å². The molecule has 3 aromatic carbocycles. The maximum absolute atomic E-state index is 13.6. The third-order valence-corrected chi connectivity index (χ3v) is 7.56. The minimum absolute atomic E-state index is 0.0266. The van der Waals surface area contributed by atoms with E-state index in [1.807, 2.05) is 18.2 Å². The molecule has 0 unspecified atom stereocenters. The number of likely N-dealkylation sites (tertiary alicyclic amines) is 1.